The fraction of sp³-hybridized carbons (Fsp3) is 0.143. The molecule has 0 saturated heterocycles. The summed E-state index contributed by atoms with van der Waals surface area (Å²) in [4.78, 5) is 0. The van der Waals surface area contributed by atoms with Crippen LogP contribution in [0.15, 0.2) is 48.5 Å². The maximum absolute atomic E-state index is 5.62. The molecule has 94 valence electrons. The molecule has 0 heterocycles. The molecule has 6 N–H and O–H groups in total. The predicted octanol–water partition coefficient (Wildman–Crippen LogP) is 2.38. The van der Waals surface area contributed by atoms with Gasteiger partial charge in [0.05, 0.1) is 0 Å². The van der Waals surface area contributed by atoms with Gasteiger partial charge in [0.15, 0.2) is 0 Å². The highest BCUT2D eigenvalue weighted by molar-refractivity contribution is 5.52. The van der Waals surface area contributed by atoms with Crippen LogP contribution in [0.25, 0.3) is 0 Å². The van der Waals surface area contributed by atoms with E-state index in [9.17, 15) is 0 Å². The summed E-state index contributed by atoms with van der Waals surface area (Å²) in [5.74, 6) is 0. The first-order valence-corrected chi connectivity index (χ1v) is 5.93. The van der Waals surface area contributed by atoms with Crippen molar-refractivity contribution >= 4 is 22.7 Å². The molecule has 4 heteroatoms. The minimum Gasteiger partial charge on any atom is -0.399 e. The molecule has 0 bridgehead atoms. The molecule has 2 aromatic carbocycles. The molecule has 0 atom stereocenters. The molecule has 0 aliphatic rings. The monoisotopic (exact) mass is 242 g/mol. The molecular formula is C14H18N4. The molecule has 0 unspecified atom stereocenters. The fourth-order valence-electron chi connectivity index (χ4n) is 1.62. The summed E-state index contributed by atoms with van der Waals surface area (Å²) >= 11 is 0. The van der Waals surface area contributed by atoms with Gasteiger partial charge in [0, 0.05) is 35.8 Å². The highest BCUT2D eigenvalue weighted by atomic mass is 14.9. The van der Waals surface area contributed by atoms with Crippen LogP contribution < -0.4 is 22.1 Å². The van der Waals surface area contributed by atoms with Gasteiger partial charge < -0.3 is 22.1 Å². The minimum absolute atomic E-state index is 0.778. The van der Waals surface area contributed by atoms with E-state index in [1.807, 2.05) is 48.5 Å². The summed E-state index contributed by atoms with van der Waals surface area (Å²) < 4.78 is 0. The number of anilines is 4. The smallest absolute Gasteiger partial charge is 0.0342 e. The average molecular weight is 242 g/mol. The van der Waals surface area contributed by atoms with E-state index in [0.29, 0.717) is 0 Å². The van der Waals surface area contributed by atoms with Crippen molar-refractivity contribution in [1.82, 2.24) is 0 Å². The first-order valence-electron chi connectivity index (χ1n) is 5.93. The Labute approximate surface area is 107 Å². The summed E-state index contributed by atoms with van der Waals surface area (Å²) in [6.45, 7) is 1.68. The van der Waals surface area contributed by atoms with Crippen LogP contribution in [0, 0.1) is 0 Å². The van der Waals surface area contributed by atoms with Crippen LogP contribution in [-0.2, 0) is 0 Å². The number of hydrogen-bond acceptors (Lipinski definition) is 4. The summed E-state index contributed by atoms with van der Waals surface area (Å²) in [5.41, 5.74) is 14.9. The number of nitrogens with two attached hydrogens (primary N) is 2. The van der Waals surface area contributed by atoms with Crippen molar-refractivity contribution in [2.45, 2.75) is 0 Å². The summed E-state index contributed by atoms with van der Waals surface area (Å²) in [5, 5.41) is 6.62. The molecule has 0 radical (unpaired) electrons. The Bertz CT molecular complexity index is 429. The Morgan fingerprint density at radius 3 is 1.28 bits per heavy atom. The molecule has 0 aliphatic carbocycles. The molecule has 0 spiro atoms. The highest BCUT2D eigenvalue weighted by Gasteiger charge is 1.93. The minimum atomic E-state index is 0.778. The summed E-state index contributed by atoms with van der Waals surface area (Å²) in [7, 11) is 0. The Morgan fingerprint density at radius 2 is 0.944 bits per heavy atom. The van der Waals surface area contributed by atoms with Crippen molar-refractivity contribution < 1.29 is 0 Å². The van der Waals surface area contributed by atoms with E-state index >= 15 is 0 Å². The third-order valence-corrected chi connectivity index (χ3v) is 2.60. The number of benzene rings is 2. The van der Waals surface area contributed by atoms with Crippen LogP contribution in [0.1, 0.15) is 0 Å². The maximum atomic E-state index is 5.62. The third kappa shape index (κ3) is 3.59. The van der Waals surface area contributed by atoms with E-state index < -0.39 is 0 Å². The Hall–Kier alpha value is -2.36. The van der Waals surface area contributed by atoms with Crippen LogP contribution in [0.5, 0.6) is 0 Å². The van der Waals surface area contributed by atoms with Crippen LogP contribution in [0.2, 0.25) is 0 Å². The molecular weight excluding hydrogens is 224 g/mol. The van der Waals surface area contributed by atoms with Gasteiger partial charge in [-0.1, -0.05) is 0 Å². The first-order chi connectivity index (χ1) is 8.74. The van der Waals surface area contributed by atoms with Gasteiger partial charge in [0.1, 0.15) is 0 Å². The van der Waals surface area contributed by atoms with Crippen molar-refractivity contribution in [2.24, 2.45) is 0 Å². The second-order valence-electron chi connectivity index (χ2n) is 4.10. The predicted molar refractivity (Wildman–Crippen MR) is 78.7 cm³/mol. The average Bonchev–Trinajstić information content (AvgIpc) is 2.39. The molecule has 0 fully saturated rings. The summed E-state index contributed by atoms with van der Waals surface area (Å²) in [6.07, 6.45) is 0. The van der Waals surface area contributed by atoms with Crippen molar-refractivity contribution in [1.29, 1.82) is 0 Å². The van der Waals surface area contributed by atoms with Crippen LogP contribution in [-0.4, -0.2) is 13.1 Å². The third-order valence-electron chi connectivity index (χ3n) is 2.60. The number of nitrogen functional groups attached to an aromatic ring is 2. The van der Waals surface area contributed by atoms with E-state index in [4.69, 9.17) is 11.5 Å². The number of nitrogens with one attached hydrogen (secondary N) is 2. The Balaban J connectivity index is 1.73. The maximum Gasteiger partial charge on any atom is 0.0342 e. The van der Waals surface area contributed by atoms with Gasteiger partial charge in [-0.05, 0) is 48.5 Å². The fourth-order valence-corrected chi connectivity index (χ4v) is 1.62. The molecule has 0 aromatic heterocycles. The zero-order chi connectivity index (χ0) is 12.8. The van der Waals surface area contributed by atoms with Gasteiger partial charge >= 0.3 is 0 Å². The van der Waals surface area contributed by atoms with Gasteiger partial charge in [-0.15, -0.1) is 0 Å². The quantitative estimate of drug-likeness (QED) is 0.479. The second-order valence-corrected chi connectivity index (χ2v) is 4.10. The van der Waals surface area contributed by atoms with Crippen molar-refractivity contribution in [2.75, 3.05) is 35.2 Å². The topological polar surface area (TPSA) is 76.1 Å². The van der Waals surface area contributed by atoms with E-state index in [1.54, 1.807) is 0 Å². The zero-order valence-electron chi connectivity index (χ0n) is 10.2. The molecule has 2 rings (SSSR count). The van der Waals surface area contributed by atoms with E-state index in [0.717, 1.165) is 35.8 Å². The molecule has 18 heavy (non-hydrogen) atoms. The van der Waals surface area contributed by atoms with E-state index in [-0.39, 0.29) is 0 Å². The lowest BCUT2D eigenvalue weighted by molar-refractivity contribution is 1.08. The lowest BCUT2D eigenvalue weighted by Crippen LogP contribution is -2.13. The second kappa shape index (κ2) is 5.82. The normalized spacial score (nSPS) is 10.0. The highest BCUT2D eigenvalue weighted by Crippen LogP contribution is 2.11. The molecule has 0 amide bonds. The lowest BCUT2D eigenvalue weighted by Gasteiger charge is -2.09. The van der Waals surface area contributed by atoms with Gasteiger partial charge in [-0.25, -0.2) is 0 Å². The van der Waals surface area contributed by atoms with Crippen molar-refractivity contribution in [3.63, 3.8) is 0 Å². The molecule has 0 aliphatic heterocycles. The SMILES string of the molecule is Nc1ccc(NCCNc2ccc(N)cc2)cc1. The molecule has 0 saturated carbocycles. The zero-order valence-corrected chi connectivity index (χ0v) is 10.2. The van der Waals surface area contributed by atoms with E-state index in [1.165, 1.54) is 0 Å². The Kier molecular flexibility index (Phi) is 3.91. The van der Waals surface area contributed by atoms with Gasteiger partial charge in [-0.3, -0.25) is 0 Å². The Morgan fingerprint density at radius 1 is 0.611 bits per heavy atom. The van der Waals surface area contributed by atoms with E-state index in [2.05, 4.69) is 10.6 Å². The van der Waals surface area contributed by atoms with Crippen LogP contribution in [0.3, 0.4) is 0 Å². The number of rotatable bonds is 5. The molecule has 2 aromatic rings. The number of hydrogen-bond donors (Lipinski definition) is 4. The van der Waals surface area contributed by atoms with Crippen LogP contribution >= 0.6 is 0 Å². The van der Waals surface area contributed by atoms with Crippen molar-refractivity contribution in [3.8, 4) is 0 Å². The first kappa shape index (κ1) is 12.1. The summed E-state index contributed by atoms with van der Waals surface area (Å²) in [6, 6.07) is 15.4. The van der Waals surface area contributed by atoms with Gasteiger partial charge in [0.2, 0.25) is 0 Å². The standard InChI is InChI=1S/C14H18N4/c15-11-1-5-13(6-2-11)17-9-10-18-14-7-3-12(16)4-8-14/h1-8,17-18H,9-10,15-16H2. The van der Waals surface area contributed by atoms with Crippen molar-refractivity contribution in [3.05, 3.63) is 48.5 Å². The largest absolute Gasteiger partial charge is 0.399 e. The van der Waals surface area contributed by atoms with Crippen LogP contribution in [0.4, 0.5) is 22.7 Å². The lowest BCUT2D eigenvalue weighted by atomic mass is 10.3. The molecule has 4 nitrogen and oxygen atoms in total. The van der Waals surface area contributed by atoms with Gasteiger partial charge in [0.25, 0.3) is 0 Å². The van der Waals surface area contributed by atoms with Gasteiger partial charge in [-0.2, -0.15) is 0 Å².